The first-order chi connectivity index (χ1) is 15.5. The number of nitrogens with one attached hydrogen (secondary N) is 1. The number of ether oxygens (including phenoxy) is 1. The highest BCUT2D eigenvalue weighted by molar-refractivity contribution is 5.91. The zero-order valence-corrected chi connectivity index (χ0v) is 19.0. The minimum atomic E-state index is -0.493. The van der Waals surface area contributed by atoms with Gasteiger partial charge in [-0.15, -0.1) is 0 Å². The van der Waals surface area contributed by atoms with Crippen LogP contribution in [-0.4, -0.2) is 32.1 Å². The Kier molecular flexibility index (Phi) is 7.61. The lowest BCUT2D eigenvalue weighted by Crippen LogP contribution is -2.31. The quantitative estimate of drug-likeness (QED) is 0.649. The number of rotatable bonds is 5. The summed E-state index contributed by atoms with van der Waals surface area (Å²) in [5.41, 5.74) is 1.02. The number of fused-ring (bicyclic) bond motifs is 1. The van der Waals surface area contributed by atoms with Gasteiger partial charge in [-0.25, -0.2) is 19.2 Å². The molecule has 172 valence electrons. The number of anilines is 1. The van der Waals surface area contributed by atoms with E-state index in [1.165, 1.54) is 24.1 Å². The molecule has 32 heavy (non-hydrogen) atoms. The summed E-state index contributed by atoms with van der Waals surface area (Å²) in [6.07, 6.45) is 6.15. The van der Waals surface area contributed by atoms with Crippen molar-refractivity contribution in [1.29, 1.82) is 0 Å². The van der Waals surface area contributed by atoms with Gasteiger partial charge >= 0.3 is 5.69 Å². The van der Waals surface area contributed by atoms with Crippen LogP contribution in [0.4, 0.5) is 10.2 Å². The summed E-state index contributed by atoms with van der Waals surface area (Å²) in [6, 6.07) is 4.57. The van der Waals surface area contributed by atoms with Crippen LogP contribution in [0, 0.1) is 17.7 Å². The maximum absolute atomic E-state index is 14.1. The summed E-state index contributed by atoms with van der Waals surface area (Å²) in [5.74, 6) is 0.289. The summed E-state index contributed by atoms with van der Waals surface area (Å²) in [5, 5.41) is 2.83. The molecule has 1 amide bonds. The van der Waals surface area contributed by atoms with Crippen molar-refractivity contribution in [1.82, 2.24) is 19.1 Å². The normalized spacial score (nSPS) is 18.0. The number of aryl methyl sites for hydroxylation is 1. The second-order valence-corrected chi connectivity index (χ2v) is 7.73. The summed E-state index contributed by atoms with van der Waals surface area (Å²) in [4.78, 5) is 33.1. The Bertz CT molecular complexity index is 1120. The molecule has 1 aliphatic carbocycles. The van der Waals surface area contributed by atoms with Crippen LogP contribution < -0.4 is 15.7 Å². The van der Waals surface area contributed by atoms with Crippen LogP contribution in [0.15, 0.2) is 35.5 Å². The lowest BCUT2D eigenvalue weighted by atomic mass is 9.81. The number of halogens is 1. The fraction of sp³-hybridized carbons (Fsp3) is 0.478. The fourth-order valence-corrected chi connectivity index (χ4v) is 4.20. The van der Waals surface area contributed by atoms with E-state index in [9.17, 15) is 14.0 Å². The van der Waals surface area contributed by atoms with Gasteiger partial charge in [0.25, 0.3) is 0 Å². The molecule has 3 aromatic rings. The Labute approximate surface area is 186 Å². The van der Waals surface area contributed by atoms with Gasteiger partial charge in [0.2, 0.25) is 5.91 Å². The van der Waals surface area contributed by atoms with E-state index in [1.807, 2.05) is 13.8 Å². The van der Waals surface area contributed by atoms with E-state index in [0.717, 1.165) is 25.7 Å². The molecule has 8 nitrogen and oxygen atoms in total. The van der Waals surface area contributed by atoms with E-state index in [0.29, 0.717) is 23.4 Å². The summed E-state index contributed by atoms with van der Waals surface area (Å²) >= 11 is 0. The Morgan fingerprint density at radius 3 is 2.56 bits per heavy atom. The van der Waals surface area contributed by atoms with E-state index in [-0.39, 0.29) is 29.2 Å². The zero-order chi connectivity index (χ0) is 23.3. The lowest BCUT2D eigenvalue weighted by molar-refractivity contribution is -0.121. The molecule has 0 spiro atoms. The molecular formula is C23H30FN5O3. The van der Waals surface area contributed by atoms with Gasteiger partial charge in [0.05, 0.1) is 18.1 Å². The number of carbonyl (C=O) groups is 1. The third-order valence-electron chi connectivity index (χ3n) is 5.91. The minimum Gasteiger partial charge on any atom is -0.494 e. The van der Waals surface area contributed by atoms with E-state index in [2.05, 4.69) is 15.3 Å². The highest BCUT2D eigenvalue weighted by Gasteiger charge is 2.28. The number of amides is 1. The third kappa shape index (κ3) is 4.81. The number of aromatic nitrogens is 4. The highest BCUT2D eigenvalue weighted by Crippen LogP contribution is 2.32. The average molecular weight is 444 g/mol. The largest absolute Gasteiger partial charge is 0.494 e. The molecular weight excluding hydrogens is 413 g/mol. The van der Waals surface area contributed by atoms with Crippen LogP contribution >= 0.6 is 0 Å². The first-order valence-electron chi connectivity index (χ1n) is 11.0. The van der Waals surface area contributed by atoms with Crippen LogP contribution in [0.1, 0.15) is 39.5 Å². The molecule has 4 rings (SSSR count). The molecule has 0 saturated heterocycles. The number of nitrogens with zero attached hydrogens (tertiary/aromatic N) is 4. The van der Waals surface area contributed by atoms with Gasteiger partial charge in [-0.2, -0.15) is 0 Å². The summed E-state index contributed by atoms with van der Waals surface area (Å²) < 4.78 is 22.3. The second-order valence-electron chi connectivity index (χ2n) is 7.73. The van der Waals surface area contributed by atoms with Gasteiger partial charge < -0.3 is 10.1 Å². The molecule has 1 aliphatic rings. The summed E-state index contributed by atoms with van der Waals surface area (Å²) in [7, 11) is 3.05. The van der Waals surface area contributed by atoms with Crippen LogP contribution in [0.3, 0.4) is 0 Å². The monoisotopic (exact) mass is 443 g/mol. The fourth-order valence-electron chi connectivity index (χ4n) is 4.20. The molecule has 2 heterocycles. The van der Waals surface area contributed by atoms with Gasteiger partial charge in [0, 0.05) is 37.8 Å². The molecule has 0 atom stereocenters. The number of methoxy groups -OCH3 is 1. The van der Waals surface area contributed by atoms with Gasteiger partial charge in [-0.05, 0) is 37.7 Å². The lowest BCUT2D eigenvalue weighted by Gasteiger charge is -2.27. The number of carbonyl (C=O) groups excluding carboxylic acids is 1. The summed E-state index contributed by atoms with van der Waals surface area (Å²) in [6.45, 7) is 4.53. The Hall–Kier alpha value is -3.23. The molecule has 0 aliphatic heterocycles. The Balaban J connectivity index is 0.00000141. The number of imidazole rings is 1. The van der Waals surface area contributed by atoms with Crippen LogP contribution in [0.25, 0.3) is 11.0 Å². The van der Waals surface area contributed by atoms with Crippen molar-refractivity contribution in [2.75, 3.05) is 12.4 Å². The van der Waals surface area contributed by atoms with Crippen LogP contribution in [-0.2, 0) is 18.4 Å². The van der Waals surface area contributed by atoms with Gasteiger partial charge in [0.1, 0.15) is 12.1 Å². The first-order valence-corrected chi connectivity index (χ1v) is 11.0. The van der Waals surface area contributed by atoms with Gasteiger partial charge in [-0.1, -0.05) is 13.8 Å². The van der Waals surface area contributed by atoms with E-state index < -0.39 is 5.82 Å². The van der Waals surface area contributed by atoms with E-state index in [1.54, 1.807) is 29.9 Å². The topological polar surface area (TPSA) is 91.0 Å². The first kappa shape index (κ1) is 23.4. The van der Waals surface area contributed by atoms with Crippen molar-refractivity contribution in [2.24, 2.45) is 18.9 Å². The van der Waals surface area contributed by atoms with Crippen LogP contribution in [0.5, 0.6) is 5.75 Å². The molecule has 1 N–H and O–H groups in total. The van der Waals surface area contributed by atoms with Crippen LogP contribution in [0.2, 0.25) is 0 Å². The standard InChI is InChI=1S/C21H24FN5O3.C2H6/c1-26-16-9-15(22)18(30-2)10-17(16)27(21(26)29)11-13-3-5-14(6-4-13)20(28)25-19-7-8-23-12-24-19;1-2/h7-10,12-14H,3-6,11H2,1-2H3,(H,23,24,25,28);1-2H3. The number of hydrogen-bond acceptors (Lipinski definition) is 5. The number of hydrogen-bond donors (Lipinski definition) is 1. The zero-order valence-electron chi connectivity index (χ0n) is 19.0. The molecule has 0 bridgehead atoms. The van der Waals surface area contributed by atoms with E-state index >= 15 is 0 Å². The van der Waals surface area contributed by atoms with Crippen molar-refractivity contribution >= 4 is 22.8 Å². The molecule has 0 radical (unpaired) electrons. The Morgan fingerprint density at radius 2 is 1.94 bits per heavy atom. The van der Waals surface area contributed by atoms with Crippen molar-refractivity contribution in [3.63, 3.8) is 0 Å². The maximum atomic E-state index is 14.1. The SMILES string of the molecule is CC.COc1cc2c(cc1F)n(C)c(=O)n2CC1CCC(C(=O)Nc2ccncn2)CC1. The predicted octanol–water partition coefficient (Wildman–Crippen LogP) is 3.75. The molecule has 0 unspecified atom stereocenters. The molecule has 2 aromatic heterocycles. The molecule has 9 heteroatoms. The van der Waals surface area contributed by atoms with Crippen molar-refractivity contribution in [2.45, 2.75) is 46.1 Å². The average Bonchev–Trinajstić information content (AvgIpc) is 3.05. The molecule has 1 fully saturated rings. The smallest absolute Gasteiger partial charge is 0.328 e. The molecule has 1 saturated carbocycles. The van der Waals surface area contributed by atoms with Crippen molar-refractivity contribution in [3.8, 4) is 5.75 Å². The second kappa shape index (κ2) is 10.4. The molecule has 1 aromatic carbocycles. The van der Waals surface area contributed by atoms with Crippen molar-refractivity contribution < 1.29 is 13.9 Å². The van der Waals surface area contributed by atoms with Gasteiger partial charge in [0.15, 0.2) is 11.6 Å². The van der Waals surface area contributed by atoms with Crippen molar-refractivity contribution in [3.05, 3.63) is 47.0 Å². The van der Waals surface area contributed by atoms with Gasteiger partial charge in [-0.3, -0.25) is 13.9 Å². The number of benzene rings is 1. The predicted molar refractivity (Wildman–Crippen MR) is 121 cm³/mol. The third-order valence-corrected chi connectivity index (χ3v) is 5.91. The maximum Gasteiger partial charge on any atom is 0.328 e. The Morgan fingerprint density at radius 1 is 1.22 bits per heavy atom. The highest BCUT2D eigenvalue weighted by atomic mass is 19.1. The van der Waals surface area contributed by atoms with E-state index in [4.69, 9.17) is 4.74 Å². The minimum absolute atomic E-state index is 0.0327.